The van der Waals surface area contributed by atoms with Crippen LogP contribution in [0.4, 0.5) is 18.9 Å². The number of aromatic nitrogens is 1. The fourth-order valence-electron chi connectivity index (χ4n) is 5.07. The first-order chi connectivity index (χ1) is 19.5. The van der Waals surface area contributed by atoms with Crippen molar-refractivity contribution in [3.8, 4) is 17.0 Å². The van der Waals surface area contributed by atoms with E-state index in [1.54, 1.807) is 30.3 Å². The van der Waals surface area contributed by atoms with Crippen LogP contribution in [0.2, 0.25) is 0 Å². The van der Waals surface area contributed by atoms with E-state index in [-0.39, 0.29) is 11.3 Å². The first-order valence-corrected chi connectivity index (χ1v) is 12.9. The topological polar surface area (TPSA) is 118 Å². The van der Waals surface area contributed by atoms with Gasteiger partial charge < -0.3 is 20.3 Å². The number of aliphatic hydroxyl groups is 1. The number of carboxylic acid groups (broad SMARTS) is 1. The van der Waals surface area contributed by atoms with Gasteiger partial charge in [-0.3, -0.25) is 0 Å². The molecule has 0 fully saturated rings. The molecule has 4 aromatic rings. The molecule has 0 aliphatic heterocycles. The van der Waals surface area contributed by atoms with Crippen molar-refractivity contribution in [2.75, 3.05) is 0 Å². The van der Waals surface area contributed by atoms with E-state index in [2.05, 4.69) is 15.2 Å². The number of hydrogen-bond acceptors (Lipinski definition) is 5. The average Bonchev–Trinajstić information content (AvgIpc) is 3.26. The Labute approximate surface area is 233 Å². The molecule has 0 saturated carbocycles. The Bertz CT molecular complexity index is 1720. The summed E-state index contributed by atoms with van der Waals surface area (Å²) < 4.78 is 41.9. The monoisotopic (exact) mass is 561 g/mol. The van der Waals surface area contributed by atoms with Gasteiger partial charge in [0.05, 0.1) is 16.7 Å². The summed E-state index contributed by atoms with van der Waals surface area (Å²) in [5, 5.41) is 39.3. The van der Waals surface area contributed by atoms with E-state index in [0.717, 1.165) is 17.2 Å². The van der Waals surface area contributed by atoms with Gasteiger partial charge in [0.15, 0.2) is 5.69 Å². The molecular weight excluding hydrogens is 535 g/mol. The Morgan fingerprint density at radius 2 is 1.78 bits per heavy atom. The number of H-pyrrole nitrogens is 1. The van der Waals surface area contributed by atoms with Gasteiger partial charge in [0, 0.05) is 11.3 Å². The van der Waals surface area contributed by atoms with Crippen molar-refractivity contribution in [1.82, 2.24) is 4.98 Å². The standard InChI is InChI=1S/C31H26F3N3O4/c1-17-6-2-3-7-18(17)12-13-19-14-15-23(31(32,33)34)26(28(19)38)36-37-27-25-22(10-5-11-24(25)35-29(27)39)20-8-4-9-21(16-20)30(40)41/h2-11,14-16,19,28,35,38-39H,12-13H2,1H3,(H,40,41). The zero-order valence-corrected chi connectivity index (χ0v) is 21.9. The number of benzene rings is 3. The molecular formula is C31H26F3N3O4. The number of alkyl halides is 3. The van der Waals surface area contributed by atoms with Crippen LogP contribution in [0.1, 0.15) is 27.9 Å². The smallest absolute Gasteiger partial charge is 0.418 e. The molecule has 0 bridgehead atoms. The van der Waals surface area contributed by atoms with Crippen molar-refractivity contribution in [3.05, 3.63) is 107 Å². The maximum atomic E-state index is 14.0. The largest absolute Gasteiger partial charge is 0.493 e. The summed E-state index contributed by atoms with van der Waals surface area (Å²) in [6.07, 6.45) is -3.18. The molecule has 0 saturated heterocycles. The molecule has 1 aliphatic carbocycles. The molecule has 0 radical (unpaired) electrons. The van der Waals surface area contributed by atoms with E-state index in [9.17, 15) is 33.3 Å². The van der Waals surface area contributed by atoms with Crippen LogP contribution in [-0.4, -0.2) is 38.6 Å². The minimum atomic E-state index is -4.79. The van der Waals surface area contributed by atoms with Gasteiger partial charge in [-0.15, -0.1) is 5.11 Å². The number of nitrogens with zero attached hydrogens (tertiary/aromatic N) is 2. The number of aromatic hydroxyl groups is 1. The van der Waals surface area contributed by atoms with Crippen LogP contribution in [-0.2, 0) is 6.42 Å². The van der Waals surface area contributed by atoms with E-state index >= 15 is 0 Å². The lowest BCUT2D eigenvalue weighted by atomic mass is 9.86. The summed E-state index contributed by atoms with van der Waals surface area (Å²) in [6.45, 7) is 1.95. The van der Waals surface area contributed by atoms with Gasteiger partial charge in [0.2, 0.25) is 5.88 Å². The van der Waals surface area contributed by atoms with Gasteiger partial charge in [-0.2, -0.15) is 18.3 Å². The Morgan fingerprint density at radius 1 is 1.02 bits per heavy atom. The van der Waals surface area contributed by atoms with Crippen LogP contribution in [0.15, 0.2) is 100 Å². The van der Waals surface area contributed by atoms with Gasteiger partial charge >= 0.3 is 12.1 Å². The predicted molar refractivity (Wildman–Crippen MR) is 148 cm³/mol. The van der Waals surface area contributed by atoms with E-state index in [1.165, 1.54) is 18.2 Å². The molecule has 41 heavy (non-hydrogen) atoms. The maximum Gasteiger partial charge on any atom is 0.418 e. The molecule has 2 atom stereocenters. The number of carboxylic acids is 1. The quantitative estimate of drug-likeness (QED) is 0.174. The zero-order chi connectivity index (χ0) is 29.3. The molecule has 1 aliphatic rings. The number of nitrogens with one attached hydrogen (secondary N) is 1. The summed E-state index contributed by atoms with van der Waals surface area (Å²) in [5.74, 6) is -2.20. The van der Waals surface area contributed by atoms with Crippen LogP contribution in [0.25, 0.3) is 22.0 Å². The lowest BCUT2D eigenvalue weighted by molar-refractivity contribution is -0.0909. The number of allylic oxidation sites excluding steroid dienone is 2. The third kappa shape index (κ3) is 5.64. The minimum absolute atomic E-state index is 0.0382. The Balaban J connectivity index is 1.54. The molecule has 1 heterocycles. The second-order valence-electron chi connectivity index (χ2n) is 9.87. The Hall–Kier alpha value is -4.70. The molecule has 0 amide bonds. The molecule has 1 aromatic heterocycles. The van der Waals surface area contributed by atoms with Gasteiger partial charge in [-0.25, -0.2) is 4.79 Å². The van der Waals surface area contributed by atoms with Gasteiger partial charge in [-0.1, -0.05) is 60.7 Å². The highest BCUT2D eigenvalue weighted by molar-refractivity contribution is 6.05. The summed E-state index contributed by atoms with van der Waals surface area (Å²) in [7, 11) is 0. The number of halogens is 3. The third-order valence-corrected chi connectivity index (χ3v) is 7.24. The molecule has 7 nitrogen and oxygen atoms in total. The van der Waals surface area contributed by atoms with Crippen LogP contribution in [0.5, 0.6) is 5.88 Å². The highest BCUT2D eigenvalue weighted by Gasteiger charge is 2.40. The number of aliphatic hydroxyl groups excluding tert-OH is 1. The van der Waals surface area contributed by atoms with Crippen molar-refractivity contribution in [2.24, 2.45) is 16.1 Å². The van der Waals surface area contributed by atoms with Crippen molar-refractivity contribution < 1.29 is 33.3 Å². The zero-order valence-electron chi connectivity index (χ0n) is 21.9. The minimum Gasteiger partial charge on any atom is -0.493 e. The number of rotatable bonds is 7. The predicted octanol–water partition coefficient (Wildman–Crippen LogP) is 7.63. The van der Waals surface area contributed by atoms with E-state index in [0.29, 0.717) is 34.9 Å². The number of aryl methyl sites for hydroxylation is 2. The number of hydrogen-bond donors (Lipinski definition) is 4. The second kappa shape index (κ2) is 11.1. The Morgan fingerprint density at radius 3 is 2.51 bits per heavy atom. The van der Waals surface area contributed by atoms with Crippen LogP contribution in [0, 0.1) is 12.8 Å². The van der Waals surface area contributed by atoms with Crippen LogP contribution in [0.3, 0.4) is 0 Å². The summed E-state index contributed by atoms with van der Waals surface area (Å²) >= 11 is 0. The lowest BCUT2D eigenvalue weighted by Gasteiger charge is -2.26. The van der Waals surface area contributed by atoms with Crippen molar-refractivity contribution >= 4 is 22.6 Å². The van der Waals surface area contributed by atoms with E-state index < -0.39 is 41.3 Å². The number of azo groups is 1. The third-order valence-electron chi connectivity index (χ3n) is 7.24. The summed E-state index contributed by atoms with van der Waals surface area (Å²) in [6, 6.07) is 18.8. The number of aromatic carboxylic acids is 1. The first kappa shape index (κ1) is 27.9. The lowest BCUT2D eigenvalue weighted by Crippen LogP contribution is -2.28. The first-order valence-electron chi connectivity index (χ1n) is 12.9. The highest BCUT2D eigenvalue weighted by Crippen LogP contribution is 2.43. The van der Waals surface area contributed by atoms with Gasteiger partial charge in [-0.05, 0) is 60.2 Å². The highest BCUT2D eigenvalue weighted by atomic mass is 19.4. The average molecular weight is 562 g/mol. The molecule has 4 N–H and O–H groups in total. The fraction of sp³-hybridized carbons (Fsp3) is 0.194. The van der Waals surface area contributed by atoms with Crippen LogP contribution >= 0.6 is 0 Å². The van der Waals surface area contributed by atoms with Crippen LogP contribution < -0.4 is 0 Å². The molecule has 210 valence electrons. The fourth-order valence-corrected chi connectivity index (χ4v) is 5.07. The van der Waals surface area contributed by atoms with Crippen molar-refractivity contribution in [2.45, 2.75) is 32.0 Å². The van der Waals surface area contributed by atoms with Gasteiger partial charge in [0.25, 0.3) is 0 Å². The maximum absolute atomic E-state index is 14.0. The number of aromatic amines is 1. The van der Waals surface area contributed by atoms with E-state index in [4.69, 9.17) is 0 Å². The van der Waals surface area contributed by atoms with Crippen molar-refractivity contribution in [3.63, 3.8) is 0 Å². The number of fused-ring (bicyclic) bond motifs is 1. The normalized spacial score (nSPS) is 17.6. The number of carbonyl (C=O) groups is 1. The second-order valence-corrected chi connectivity index (χ2v) is 9.87. The molecule has 3 aromatic carbocycles. The summed E-state index contributed by atoms with van der Waals surface area (Å²) in [5.41, 5.74) is 1.63. The molecule has 2 unspecified atom stereocenters. The Kier molecular flexibility index (Phi) is 7.51. The van der Waals surface area contributed by atoms with E-state index in [1.807, 2.05) is 31.2 Å². The SMILES string of the molecule is Cc1ccccc1CCC1C=CC(C(F)(F)F)=C(N=Nc2c(O)[nH]c3cccc(-c4cccc(C(=O)O)c4)c23)C1O. The van der Waals surface area contributed by atoms with Gasteiger partial charge in [0.1, 0.15) is 11.8 Å². The molecule has 10 heteroatoms. The summed E-state index contributed by atoms with van der Waals surface area (Å²) in [4.78, 5) is 14.2. The molecule has 0 spiro atoms. The molecule has 5 rings (SSSR count). The van der Waals surface area contributed by atoms with Crippen molar-refractivity contribution in [1.29, 1.82) is 0 Å².